The highest BCUT2D eigenvalue weighted by Crippen LogP contribution is 2.27. The first-order valence-electron chi connectivity index (χ1n) is 7.64. The topological polar surface area (TPSA) is 68.9 Å². The largest absolute Gasteiger partial charge is 0.354 e. The van der Waals surface area contributed by atoms with Gasteiger partial charge in [0.25, 0.3) is 5.56 Å². The van der Waals surface area contributed by atoms with E-state index in [1.807, 2.05) is 6.92 Å². The van der Waals surface area contributed by atoms with Crippen molar-refractivity contribution in [2.45, 2.75) is 13.3 Å². The number of nitrogens with zero attached hydrogens (tertiary/aromatic N) is 3. The van der Waals surface area contributed by atoms with Crippen molar-refractivity contribution in [2.75, 3.05) is 5.32 Å². The first-order valence-corrected chi connectivity index (χ1v) is 7.64. The molecule has 0 saturated heterocycles. The van der Waals surface area contributed by atoms with E-state index in [0.717, 1.165) is 16.7 Å². The van der Waals surface area contributed by atoms with Crippen molar-refractivity contribution < 1.29 is 8.78 Å². The van der Waals surface area contributed by atoms with E-state index in [1.54, 1.807) is 6.20 Å². The van der Waals surface area contributed by atoms with Crippen molar-refractivity contribution in [3.05, 3.63) is 62.4 Å². The summed E-state index contributed by atoms with van der Waals surface area (Å²) >= 11 is 0. The minimum atomic E-state index is -0.998. The van der Waals surface area contributed by atoms with Crippen LogP contribution in [0.25, 0.3) is 11.0 Å². The quantitative estimate of drug-likeness (QED) is 0.790. The highest BCUT2D eigenvalue weighted by atomic mass is 19.2. The van der Waals surface area contributed by atoms with Crippen LogP contribution < -0.4 is 16.6 Å². The SMILES string of the molecule is CCc1cnc2c(c1Nc1ccc(F)c(F)c1)c(=O)n(C)c(=O)n2C. The molecule has 25 heavy (non-hydrogen) atoms. The van der Waals surface area contributed by atoms with Gasteiger partial charge in [-0.15, -0.1) is 0 Å². The average Bonchev–Trinajstić information content (AvgIpc) is 2.60. The molecule has 0 saturated carbocycles. The van der Waals surface area contributed by atoms with Gasteiger partial charge < -0.3 is 5.32 Å². The number of benzene rings is 1. The summed E-state index contributed by atoms with van der Waals surface area (Å²) < 4.78 is 28.9. The molecule has 0 aliphatic carbocycles. The van der Waals surface area contributed by atoms with E-state index in [-0.39, 0.29) is 16.7 Å². The molecule has 3 aromatic rings. The Kier molecular flexibility index (Phi) is 4.12. The Labute approximate surface area is 141 Å². The van der Waals surface area contributed by atoms with E-state index in [4.69, 9.17) is 0 Å². The fourth-order valence-corrected chi connectivity index (χ4v) is 2.70. The molecule has 1 N–H and O–H groups in total. The predicted octanol–water partition coefficient (Wildman–Crippen LogP) is 2.22. The number of fused-ring (bicyclic) bond motifs is 1. The van der Waals surface area contributed by atoms with Gasteiger partial charge in [0.05, 0.1) is 5.69 Å². The molecule has 0 aliphatic rings. The third-order valence-electron chi connectivity index (χ3n) is 4.12. The van der Waals surface area contributed by atoms with Crippen LogP contribution in [-0.4, -0.2) is 14.1 Å². The lowest BCUT2D eigenvalue weighted by atomic mass is 10.1. The van der Waals surface area contributed by atoms with Crippen LogP contribution >= 0.6 is 0 Å². The predicted molar refractivity (Wildman–Crippen MR) is 91.2 cm³/mol. The Morgan fingerprint density at radius 1 is 1.12 bits per heavy atom. The van der Waals surface area contributed by atoms with Gasteiger partial charge in [-0.05, 0) is 24.1 Å². The number of rotatable bonds is 3. The van der Waals surface area contributed by atoms with Crippen molar-refractivity contribution >= 4 is 22.4 Å². The van der Waals surface area contributed by atoms with Gasteiger partial charge in [-0.3, -0.25) is 13.9 Å². The molecule has 0 spiro atoms. The van der Waals surface area contributed by atoms with Gasteiger partial charge in [0.2, 0.25) is 0 Å². The first kappa shape index (κ1) is 16.8. The zero-order valence-corrected chi connectivity index (χ0v) is 13.9. The first-order chi connectivity index (χ1) is 11.8. The van der Waals surface area contributed by atoms with E-state index in [1.165, 1.54) is 24.7 Å². The highest BCUT2D eigenvalue weighted by molar-refractivity contribution is 5.92. The van der Waals surface area contributed by atoms with Crippen LogP contribution in [0, 0.1) is 11.6 Å². The fourth-order valence-electron chi connectivity index (χ4n) is 2.70. The Balaban J connectivity index is 2.34. The second-order valence-electron chi connectivity index (χ2n) is 5.67. The van der Waals surface area contributed by atoms with Crippen molar-refractivity contribution in [3.63, 3.8) is 0 Å². The van der Waals surface area contributed by atoms with Gasteiger partial charge >= 0.3 is 5.69 Å². The van der Waals surface area contributed by atoms with Crippen molar-refractivity contribution in [1.29, 1.82) is 0 Å². The van der Waals surface area contributed by atoms with Gasteiger partial charge in [0, 0.05) is 32.0 Å². The van der Waals surface area contributed by atoms with Gasteiger partial charge in [-0.25, -0.2) is 18.6 Å². The molecule has 0 atom stereocenters. The molecule has 2 heterocycles. The van der Waals surface area contributed by atoms with Gasteiger partial charge in [0.1, 0.15) is 5.39 Å². The number of hydrogen-bond donors (Lipinski definition) is 1. The van der Waals surface area contributed by atoms with Crippen molar-refractivity contribution in [1.82, 2.24) is 14.1 Å². The van der Waals surface area contributed by atoms with Crippen LogP contribution in [0.1, 0.15) is 12.5 Å². The van der Waals surface area contributed by atoms with Crippen LogP contribution in [0.5, 0.6) is 0 Å². The second kappa shape index (κ2) is 6.12. The number of anilines is 2. The van der Waals surface area contributed by atoms with E-state index in [9.17, 15) is 18.4 Å². The zero-order valence-electron chi connectivity index (χ0n) is 13.9. The summed E-state index contributed by atoms with van der Waals surface area (Å²) in [6.45, 7) is 1.88. The maximum Gasteiger partial charge on any atom is 0.332 e. The molecule has 0 unspecified atom stereocenters. The third kappa shape index (κ3) is 2.69. The van der Waals surface area contributed by atoms with Crippen LogP contribution in [0.15, 0.2) is 34.0 Å². The smallest absolute Gasteiger partial charge is 0.332 e. The van der Waals surface area contributed by atoms with Gasteiger partial charge in [-0.2, -0.15) is 0 Å². The summed E-state index contributed by atoms with van der Waals surface area (Å²) in [4.78, 5) is 28.9. The van der Waals surface area contributed by atoms with Gasteiger partial charge in [-0.1, -0.05) is 6.92 Å². The van der Waals surface area contributed by atoms with Crippen LogP contribution in [0.3, 0.4) is 0 Å². The summed E-state index contributed by atoms with van der Waals surface area (Å²) in [6, 6.07) is 3.38. The Morgan fingerprint density at radius 3 is 2.48 bits per heavy atom. The Bertz CT molecular complexity index is 1100. The lowest BCUT2D eigenvalue weighted by molar-refractivity contribution is 0.509. The maximum atomic E-state index is 13.5. The number of aryl methyl sites for hydroxylation is 2. The second-order valence-corrected chi connectivity index (χ2v) is 5.67. The number of hydrogen-bond acceptors (Lipinski definition) is 4. The number of aromatic nitrogens is 3. The summed E-state index contributed by atoms with van der Waals surface area (Å²) in [7, 11) is 2.90. The number of halogens is 2. The molecule has 0 radical (unpaired) electrons. The average molecular weight is 346 g/mol. The zero-order chi connectivity index (χ0) is 18.3. The molecule has 8 heteroatoms. The standard InChI is InChI=1S/C17H16F2N4O2/c1-4-9-8-20-15-13(16(24)23(3)17(25)22(15)2)14(9)21-10-5-6-11(18)12(19)7-10/h5-8H,4H2,1-3H3,(H,20,21). The minimum Gasteiger partial charge on any atom is -0.354 e. The van der Waals surface area contributed by atoms with Crippen LogP contribution in [0.2, 0.25) is 0 Å². The lowest BCUT2D eigenvalue weighted by Gasteiger charge is -2.15. The normalized spacial score (nSPS) is 11.1. The summed E-state index contributed by atoms with van der Waals surface area (Å²) in [5.41, 5.74) is 0.647. The van der Waals surface area contributed by atoms with Crippen molar-refractivity contribution in [3.8, 4) is 0 Å². The van der Waals surface area contributed by atoms with Gasteiger partial charge in [0.15, 0.2) is 17.3 Å². The monoisotopic (exact) mass is 346 g/mol. The summed E-state index contributed by atoms with van der Waals surface area (Å²) in [6.07, 6.45) is 2.12. The molecule has 0 aliphatic heterocycles. The van der Waals surface area contributed by atoms with Crippen molar-refractivity contribution in [2.24, 2.45) is 14.1 Å². The van der Waals surface area contributed by atoms with E-state index in [2.05, 4.69) is 10.3 Å². The fraction of sp³-hybridized carbons (Fsp3) is 0.235. The molecule has 3 rings (SSSR count). The molecule has 2 aromatic heterocycles. The molecule has 0 amide bonds. The molecular formula is C17H16F2N4O2. The number of pyridine rings is 1. The third-order valence-corrected chi connectivity index (χ3v) is 4.12. The lowest BCUT2D eigenvalue weighted by Crippen LogP contribution is -2.37. The molecule has 0 fully saturated rings. The summed E-state index contributed by atoms with van der Waals surface area (Å²) in [5, 5.41) is 3.19. The highest BCUT2D eigenvalue weighted by Gasteiger charge is 2.17. The maximum absolute atomic E-state index is 13.5. The van der Waals surface area contributed by atoms with Crippen LogP contribution in [0.4, 0.5) is 20.2 Å². The number of nitrogens with one attached hydrogen (secondary N) is 1. The molecule has 130 valence electrons. The van der Waals surface area contributed by atoms with E-state index < -0.39 is 22.9 Å². The Hall–Kier alpha value is -3.03. The molecule has 1 aromatic carbocycles. The summed E-state index contributed by atoms with van der Waals surface area (Å²) in [5.74, 6) is -1.96. The molecular weight excluding hydrogens is 330 g/mol. The molecule has 0 bridgehead atoms. The van der Waals surface area contributed by atoms with E-state index >= 15 is 0 Å². The molecule has 6 nitrogen and oxygen atoms in total. The van der Waals surface area contributed by atoms with Crippen LogP contribution in [-0.2, 0) is 20.5 Å². The van der Waals surface area contributed by atoms with E-state index in [0.29, 0.717) is 17.7 Å². The Morgan fingerprint density at radius 2 is 1.84 bits per heavy atom. The minimum absolute atomic E-state index is 0.216.